The monoisotopic (exact) mass is 501 g/mol. The van der Waals surface area contributed by atoms with Gasteiger partial charge in [-0.15, -0.1) is 9.24 Å². The van der Waals surface area contributed by atoms with Crippen LogP contribution in [0.4, 0.5) is 24.7 Å². The molecule has 1 aliphatic heterocycles. The number of hydrogen-bond donors (Lipinski definition) is 1. The summed E-state index contributed by atoms with van der Waals surface area (Å²) in [4.78, 5) is 27.5. The average Bonchev–Trinajstić information content (AvgIpc) is 3.18. The third-order valence-corrected chi connectivity index (χ3v) is 6.34. The minimum atomic E-state index is -4.65. The number of anilines is 2. The molecule has 3 heterocycles. The molecule has 0 spiro atoms. The normalized spacial score (nSPS) is 18.2. The van der Waals surface area contributed by atoms with E-state index in [1.165, 1.54) is 12.4 Å². The number of halogens is 3. The van der Waals surface area contributed by atoms with Crippen molar-refractivity contribution in [1.29, 1.82) is 0 Å². The SMILES string of the molecule is CC(C)c1ncc(C(=O)Nc2c(-c3ccccc3)cc(C(F)(F)F)nc2N2CCC(C)(P)C2)cn1. The van der Waals surface area contributed by atoms with Crippen LogP contribution in [-0.4, -0.2) is 39.1 Å². The van der Waals surface area contributed by atoms with Crippen LogP contribution in [0.5, 0.6) is 0 Å². The molecular weight excluding hydrogens is 474 g/mol. The molecule has 3 aromatic rings. The lowest BCUT2D eigenvalue weighted by Gasteiger charge is -2.26. The Kier molecular flexibility index (Phi) is 6.82. The second-order valence-corrected chi connectivity index (χ2v) is 10.8. The summed E-state index contributed by atoms with van der Waals surface area (Å²) >= 11 is 0. The van der Waals surface area contributed by atoms with Crippen LogP contribution in [0.2, 0.25) is 0 Å². The zero-order valence-electron chi connectivity index (χ0n) is 19.7. The number of nitrogens with one attached hydrogen (secondary N) is 1. The molecule has 0 radical (unpaired) electrons. The summed E-state index contributed by atoms with van der Waals surface area (Å²) < 4.78 is 41.6. The van der Waals surface area contributed by atoms with Crippen LogP contribution in [0.3, 0.4) is 0 Å². The van der Waals surface area contributed by atoms with Gasteiger partial charge >= 0.3 is 6.18 Å². The van der Waals surface area contributed by atoms with Crippen LogP contribution in [0.25, 0.3) is 11.1 Å². The second kappa shape index (κ2) is 9.53. The third kappa shape index (κ3) is 5.61. The van der Waals surface area contributed by atoms with Crippen LogP contribution in [0.1, 0.15) is 55.0 Å². The third-order valence-electron chi connectivity index (χ3n) is 5.87. The predicted molar refractivity (Wildman–Crippen MR) is 134 cm³/mol. The number of carbonyl (C=O) groups is 1. The average molecular weight is 501 g/mol. The minimum Gasteiger partial charge on any atom is -0.354 e. The largest absolute Gasteiger partial charge is 0.433 e. The molecule has 6 nitrogen and oxygen atoms in total. The van der Waals surface area contributed by atoms with Crippen molar-refractivity contribution in [3.8, 4) is 11.1 Å². The first-order chi connectivity index (χ1) is 16.4. The summed E-state index contributed by atoms with van der Waals surface area (Å²) in [5, 5.41) is 2.65. The second-order valence-electron chi connectivity index (χ2n) is 9.38. The van der Waals surface area contributed by atoms with Crippen LogP contribution in [0.15, 0.2) is 48.8 Å². The zero-order chi connectivity index (χ0) is 25.4. The van der Waals surface area contributed by atoms with Crippen molar-refractivity contribution in [2.45, 2.75) is 44.4 Å². The standard InChI is InChI=1S/C25H27F3N5OP/c1-15(2)21-29-12-17(13-30-21)23(34)32-20-18(16-7-5-4-6-8-16)11-19(25(26,27)28)31-22(20)33-10-9-24(3,35)14-33/h4-8,11-13,15H,9-10,14,35H2,1-3H3,(H,32,34). The van der Waals surface area contributed by atoms with Gasteiger partial charge in [0.2, 0.25) is 0 Å². The predicted octanol–water partition coefficient (Wildman–Crippen LogP) is 5.78. The lowest BCUT2D eigenvalue weighted by Crippen LogP contribution is -2.28. The van der Waals surface area contributed by atoms with E-state index >= 15 is 0 Å². The van der Waals surface area contributed by atoms with E-state index in [9.17, 15) is 18.0 Å². The van der Waals surface area contributed by atoms with Gasteiger partial charge in [-0.3, -0.25) is 4.79 Å². The van der Waals surface area contributed by atoms with E-state index in [0.29, 0.717) is 24.5 Å². The number of hydrogen-bond acceptors (Lipinski definition) is 5. The zero-order valence-corrected chi connectivity index (χ0v) is 20.9. The number of pyridine rings is 1. The molecule has 2 unspecified atom stereocenters. The molecule has 2 aromatic heterocycles. The molecule has 0 aliphatic carbocycles. The van der Waals surface area contributed by atoms with Gasteiger partial charge in [0.25, 0.3) is 5.91 Å². The number of carbonyl (C=O) groups excluding carboxylic acids is 1. The van der Waals surface area contributed by atoms with Crippen molar-refractivity contribution >= 4 is 26.7 Å². The molecular formula is C25H27F3N5OP. The molecule has 35 heavy (non-hydrogen) atoms. The Morgan fingerprint density at radius 2 is 1.83 bits per heavy atom. The molecule has 0 bridgehead atoms. The fourth-order valence-corrected chi connectivity index (χ4v) is 4.33. The van der Waals surface area contributed by atoms with E-state index < -0.39 is 17.8 Å². The smallest absolute Gasteiger partial charge is 0.354 e. The number of benzene rings is 1. The Morgan fingerprint density at radius 3 is 2.37 bits per heavy atom. The van der Waals surface area contributed by atoms with Crippen LogP contribution in [-0.2, 0) is 6.18 Å². The number of rotatable bonds is 5. The Morgan fingerprint density at radius 1 is 1.17 bits per heavy atom. The first-order valence-electron chi connectivity index (χ1n) is 11.3. The van der Waals surface area contributed by atoms with Crippen molar-refractivity contribution < 1.29 is 18.0 Å². The maximum absolute atomic E-state index is 13.9. The summed E-state index contributed by atoms with van der Waals surface area (Å²) in [6.07, 6.45) is -1.04. The van der Waals surface area contributed by atoms with Gasteiger partial charge in [-0.1, -0.05) is 51.1 Å². The quantitative estimate of drug-likeness (QED) is 0.449. The first kappa shape index (κ1) is 25.0. The highest BCUT2D eigenvalue weighted by atomic mass is 31.0. The lowest BCUT2D eigenvalue weighted by atomic mass is 10.0. The fourth-order valence-electron chi connectivity index (χ4n) is 3.98. The number of aromatic nitrogens is 3. The van der Waals surface area contributed by atoms with Crippen LogP contribution < -0.4 is 10.2 Å². The van der Waals surface area contributed by atoms with Crippen molar-refractivity contribution in [3.63, 3.8) is 0 Å². The summed E-state index contributed by atoms with van der Waals surface area (Å²) in [6.45, 7) is 6.90. The molecule has 10 heteroatoms. The van der Waals surface area contributed by atoms with Crippen LogP contribution >= 0.6 is 9.24 Å². The van der Waals surface area contributed by atoms with Crippen molar-refractivity contribution in [3.05, 3.63) is 65.9 Å². The van der Waals surface area contributed by atoms with Crippen molar-refractivity contribution in [2.24, 2.45) is 0 Å². The Labute approximate surface area is 204 Å². The van der Waals surface area contributed by atoms with Gasteiger partial charge in [-0.05, 0) is 18.1 Å². The number of nitrogens with zero attached hydrogens (tertiary/aromatic N) is 4. The minimum absolute atomic E-state index is 0.0953. The summed E-state index contributed by atoms with van der Waals surface area (Å²) in [5.74, 6) is 0.269. The maximum Gasteiger partial charge on any atom is 0.433 e. The topological polar surface area (TPSA) is 71.0 Å². The van der Waals surface area contributed by atoms with Crippen LogP contribution in [0, 0.1) is 0 Å². The van der Waals surface area contributed by atoms with E-state index in [1.807, 2.05) is 20.8 Å². The van der Waals surface area contributed by atoms with Gasteiger partial charge in [0, 0.05) is 42.1 Å². The van der Waals surface area contributed by atoms with E-state index in [4.69, 9.17) is 0 Å². The van der Waals surface area contributed by atoms with Gasteiger partial charge in [-0.2, -0.15) is 13.2 Å². The first-order valence-corrected chi connectivity index (χ1v) is 11.9. The van der Waals surface area contributed by atoms with E-state index in [2.05, 4.69) is 29.5 Å². The van der Waals surface area contributed by atoms with E-state index in [0.717, 1.165) is 12.5 Å². The van der Waals surface area contributed by atoms with Gasteiger partial charge in [-0.25, -0.2) is 15.0 Å². The van der Waals surface area contributed by atoms with Gasteiger partial charge in [0.1, 0.15) is 11.5 Å². The summed E-state index contributed by atoms with van der Waals surface area (Å²) in [5.41, 5.74) is 0.206. The van der Waals surface area contributed by atoms with E-state index in [-0.39, 0.29) is 33.7 Å². The summed E-state index contributed by atoms with van der Waals surface area (Å²) in [7, 11) is 2.76. The maximum atomic E-state index is 13.9. The molecule has 184 valence electrons. The van der Waals surface area contributed by atoms with Crippen molar-refractivity contribution in [1.82, 2.24) is 15.0 Å². The fraction of sp³-hybridized carbons (Fsp3) is 0.360. The molecule has 1 aliphatic rings. The molecule has 1 amide bonds. The number of amides is 1. The summed E-state index contributed by atoms with van der Waals surface area (Å²) in [6, 6.07) is 9.66. The van der Waals surface area contributed by atoms with Gasteiger partial charge < -0.3 is 10.2 Å². The highest BCUT2D eigenvalue weighted by molar-refractivity contribution is 7.19. The van der Waals surface area contributed by atoms with Gasteiger partial charge in [0.15, 0.2) is 5.82 Å². The molecule has 1 aromatic carbocycles. The lowest BCUT2D eigenvalue weighted by molar-refractivity contribution is -0.141. The van der Waals surface area contributed by atoms with Gasteiger partial charge in [0.05, 0.1) is 11.3 Å². The highest BCUT2D eigenvalue weighted by Gasteiger charge is 2.38. The molecule has 0 saturated carbocycles. The molecule has 1 N–H and O–H groups in total. The molecule has 1 saturated heterocycles. The molecule has 4 rings (SSSR count). The molecule has 2 atom stereocenters. The Hall–Kier alpha value is -3.06. The Balaban J connectivity index is 1.85. The number of alkyl halides is 3. The Bertz CT molecular complexity index is 1210. The molecule has 1 fully saturated rings. The van der Waals surface area contributed by atoms with E-state index in [1.54, 1.807) is 35.2 Å². The van der Waals surface area contributed by atoms with Crippen molar-refractivity contribution in [2.75, 3.05) is 23.3 Å². The highest BCUT2D eigenvalue weighted by Crippen LogP contribution is 2.43.